The van der Waals surface area contributed by atoms with E-state index >= 15 is 0 Å². The van der Waals surface area contributed by atoms with E-state index in [0.29, 0.717) is 48.6 Å². The minimum absolute atomic E-state index is 0.0686. The van der Waals surface area contributed by atoms with Gasteiger partial charge in [-0.3, -0.25) is 14.4 Å². The SMILES string of the molecule is COc1cc(OC)cc(C(=O)NC(C(=O)NC2CCN(C(=O)c3ccoc3)CC2)C(C)C)c1. The highest BCUT2D eigenvalue weighted by Gasteiger charge is 2.30. The number of benzene rings is 1. The standard InChI is InChI=1S/C24H31N3O6/c1-15(2)21(26-22(28)17-11-19(31-3)13-20(12-17)32-4)23(29)25-18-5-8-27(9-6-18)24(30)16-7-10-33-14-16/h7,10-15,18,21H,5-6,8-9H2,1-4H3,(H,25,29)(H,26,28). The summed E-state index contributed by atoms with van der Waals surface area (Å²) in [5.74, 6) is 0.150. The number of carbonyl (C=O) groups excluding carboxylic acids is 3. The van der Waals surface area contributed by atoms with Crippen LogP contribution in [0.2, 0.25) is 0 Å². The van der Waals surface area contributed by atoms with Gasteiger partial charge in [-0.2, -0.15) is 0 Å². The maximum atomic E-state index is 13.0. The van der Waals surface area contributed by atoms with Crippen LogP contribution in [0.3, 0.4) is 0 Å². The second-order valence-corrected chi connectivity index (χ2v) is 8.38. The molecule has 1 aromatic heterocycles. The van der Waals surface area contributed by atoms with E-state index in [-0.39, 0.29) is 29.7 Å². The monoisotopic (exact) mass is 457 g/mol. The maximum Gasteiger partial charge on any atom is 0.257 e. The number of methoxy groups -OCH3 is 2. The molecule has 0 bridgehead atoms. The highest BCUT2D eigenvalue weighted by atomic mass is 16.5. The van der Waals surface area contributed by atoms with Crippen LogP contribution in [0.4, 0.5) is 0 Å². The van der Waals surface area contributed by atoms with Crippen molar-refractivity contribution in [2.75, 3.05) is 27.3 Å². The first kappa shape index (κ1) is 24.2. The Morgan fingerprint density at radius 2 is 1.67 bits per heavy atom. The smallest absolute Gasteiger partial charge is 0.257 e. The van der Waals surface area contributed by atoms with Crippen molar-refractivity contribution in [2.45, 2.75) is 38.8 Å². The van der Waals surface area contributed by atoms with E-state index in [4.69, 9.17) is 13.9 Å². The van der Waals surface area contributed by atoms with Crippen molar-refractivity contribution in [1.29, 1.82) is 0 Å². The van der Waals surface area contributed by atoms with Crippen molar-refractivity contribution >= 4 is 17.7 Å². The Bertz CT molecular complexity index is 942. The number of carbonyl (C=O) groups is 3. The first-order valence-corrected chi connectivity index (χ1v) is 11.0. The van der Waals surface area contributed by atoms with Crippen molar-refractivity contribution < 1.29 is 28.3 Å². The first-order valence-electron chi connectivity index (χ1n) is 11.0. The van der Waals surface area contributed by atoms with Gasteiger partial charge in [0.05, 0.1) is 26.0 Å². The molecule has 3 rings (SSSR count). The fourth-order valence-corrected chi connectivity index (χ4v) is 3.78. The summed E-state index contributed by atoms with van der Waals surface area (Å²) >= 11 is 0. The Kier molecular flexibility index (Phi) is 7.97. The topological polar surface area (TPSA) is 110 Å². The van der Waals surface area contributed by atoms with E-state index in [1.807, 2.05) is 13.8 Å². The minimum Gasteiger partial charge on any atom is -0.497 e. The van der Waals surface area contributed by atoms with Crippen LogP contribution in [0.1, 0.15) is 47.4 Å². The van der Waals surface area contributed by atoms with E-state index in [2.05, 4.69) is 10.6 Å². The summed E-state index contributed by atoms with van der Waals surface area (Å²) in [6.45, 7) is 4.83. The van der Waals surface area contributed by atoms with Crippen molar-refractivity contribution in [2.24, 2.45) is 5.92 Å². The zero-order valence-corrected chi connectivity index (χ0v) is 19.4. The van der Waals surface area contributed by atoms with Gasteiger partial charge in [0.2, 0.25) is 5.91 Å². The number of furan rings is 1. The number of nitrogens with one attached hydrogen (secondary N) is 2. The molecule has 2 aromatic rings. The largest absolute Gasteiger partial charge is 0.497 e. The molecule has 2 heterocycles. The number of amides is 3. The van der Waals surface area contributed by atoms with Gasteiger partial charge in [-0.15, -0.1) is 0 Å². The van der Waals surface area contributed by atoms with Gasteiger partial charge in [-0.05, 0) is 37.0 Å². The van der Waals surface area contributed by atoms with Crippen LogP contribution in [0.5, 0.6) is 11.5 Å². The van der Waals surface area contributed by atoms with Crippen LogP contribution >= 0.6 is 0 Å². The van der Waals surface area contributed by atoms with Gasteiger partial charge in [-0.1, -0.05) is 13.8 Å². The Morgan fingerprint density at radius 3 is 2.18 bits per heavy atom. The third-order valence-corrected chi connectivity index (χ3v) is 5.75. The molecule has 9 heteroatoms. The second kappa shape index (κ2) is 10.9. The van der Waals surface area contributed by atoms with Gasteiger partial charge in [0, 0.05) is 30.8 Å². The normalized spacial score (nSPS) is 15.1. The summed E-state index contributed by atoms with van der Waals surface area (Å²) < 4.78 is 15.4. The van der Waals surface area contributed by atoms with Crippen molar-refractivity contribution in [1.82, 2.24) is 15.5 Å². The lowest BCUT2D eigenvalue weighted by Crippen LogP contribution is -2.54. The second-order valence-electron chi connectivity index (χ2n) is 8.38. The molecule has 2 N–H and O–H groups in total. The quantitative estimate of drug-likeness (QED) is 0.630. The molecule has 0 aliphatic carbocycles. The van der Waals surface area contributed by atoms with E-state index < -0.39 is 6.04 Å². The highest BCUT2D eigenvalue weighted by molar-refractivity contribution is 5.98. The molecular weight excluding hydrogens is 426 g/mol. The van der Waals surface area contributed by atoms with Crippen LogP contribution in [0.25, 0.3) is 0 Å². The van der Waals surface area contributed by atoms with Gasteiger partial charge in [0.15, 0.2) is 0 Å². The summed E-state index contributed by atoms with van der Waals surface area (Å²) in [4.78, 5) is 40.1. The number of hydrogen-bond donors (Lipinski definition) is 2. The summed E-state index contributed by atoms with van der Waals surface area (Å²) in [5.41, 5.74) is 0.866. The molecule has 3 amide bonds. The fourth-order valence-electron chi connectivity index (χ4n) is 3.78. The molecule has 178 valence electrons. The van der Waals surface area contributed by atoms with E-state index in [1.165, 1.54) is 26.7 Å². The van der Waals surface area contributed by atoms with Crippen LogP contribution in [-0.2, 0) is 4.79 Å². The number of ether oxygens (including phenoxy) is 2. The Balaban J connectivity index is 1.58. The molecule has 0 spiro atoms. The minimum atomic E-state index is -0.708. The molecule has 1 aliphatic rings. The van der Waals surface area contributed by atoms with Crippen LogP contribution < -0.4 is 20.1 Å². The summed E-state index contributed by atoms with van der Waals surface area (Å²) in [6.07, 6.45) is 4.19. The third-order valence-electron chi connectivity index (χ3n) is 5.75. The van der Waals surface area contributed by atoms with Crippen molar-refractivity contribution in [3.63, 3.8) is 0 Å². The third kappa shape index (κ3) is 6.06. The number of rotatable bonds is 8. The molecule has 1 aliphatic heterocycles. The van der Waals surface area contributed by atoms with E-state index in [0.717, 1.165) is 0 Å². The van der Waals surface area contributed by atoms with Crippen LogP contribution in [-0.4, -0.2) is 62.0 Å². The lowest BCUT2D eigenvalue weighted by molar-refractivity contribution is -0.124. The van der Waals surface area contributed by atoms with Crippen molar-refractivity contribution in [3.05, 3.63) is 47.9 Å². The number of likely N-dealkylation sites (tertiary alicyclic amines) is 1. The average Bonchev–Trinajstić information content (AvgIpc) is 3.36. The molecule has 1 unspecified atom stereocenters. The Morgan fingerprint density at radius 1 is 1.03 bits per heavy atom. The zero-order chi connectivity index (χ0) is 24.0. The molecule has 33 heavy (non-hydrogen) atoms. The highest BCUT2D eigenvalue weighted by Crippen LogP contribution is 2.23. The van der Waals surface area contributed by atoms with Gasteiger partial charge in [-0.25, -0.2) is 0 Å². The summed E-state index contributed by atoms with van der Waals surface area (Å²) in [5, 5.41) is 5.87. The Hall–Kier alpha value is -3.49. The number of hydrogen-bond acceptors (Lipinski definition) is 6. The predicted molar refractivity (Wildman–Crippen MR) is 121 cm³/mol. The summed E-state index contributed by atoms with van der Waals surface area (Å²) in [7, 11) is 3.02. The van der Waals surface area contributed by atoms with Gasteiger partial charge < -0.3 is 29.4 Å². The molecule has 0 saturated carbocycles. The zero-order valence-electron chi connectivity index (χ0n) is 19.4. The molecule has 0 radical (unpaired) electrons. The first-order chi connectivity index (χ1) is 15.8. The lowest BCUT2D eigenvalue weighted by Gasteiger charge is -2.33. The Labute approximate surface area is 193 Å². The van der Waals surface area contributed by atoms with Crippen LogP contribution in [0.15, 0.2) is 41.2 Å². The molecule has 9 nitrogen and oxygen atoms in total. The van der Waals surface area contributed by atoms with Crippen molar-refractivity contribution in [3.8, 4) is 11.5 Å². The summed E-state index contributed by atoms with van der Waals surface area (Å²) in [6, 6.07) is 5.73. The number of piperidine rings is 1. The van der Waals surface area contributed by atoms with E-state index in [9.17, 15) is 14.4 Å². The molecule has 1 aromatic carbocycles. The predicted octanol–water partition coefficient (Wildman–Crippen LogP) is 2.47. The maximum absolute atomic E-state index is 13.0. The van der Waals surface area contributed by atoms with Gasteiger partial charge >= 0.3 is 0 Å². The molecule has 1 fully saturated rings. The van der Waals surface area contributed by atoms with Gasteiger partial charge in [0.1, 0.15) is 23.8 Å². The number of nitrogens with zero attached hydrogens (tertiary/aromatic N) is 1. The lowest BCUT2D eigenvalue weighted by atomic mass is 10.00. The van der Waals surface area contributed by atoms with Crippen LogP contribution in [0, 0.1) is 5.92 Å². The fraction of sp³-hybridized carbons (Fsp3) is 0.458. The molecule has 1 atom stereocenters. The van der Waals surface area contributed by atoms with Gasteiger partial charge in [0.25, 0.3) is 11.8 Å². The van der Waals surface area contributed by atoms with E-state index in [1.54, 1.807) is 29.2 Å². The molecule has 1 saturated heterocycles. The molecular formula is C24H31N3O6. The average molecular weight is 458 g/mol.